The summed E-state index contributed by atoms with van der Waals surface area (Å²) < 4.78 is 7.78. The minimum Gasteiger partial charge on any atom is -0.374 e. The molecule has 2 unspecified atom stereocenters. The van der Waals surface area contributed by atoms with Crippen molar-refractivity contribution in [3.63, 3.8) is 0 Å². The van der Waals surface area contributed by atoms with Gasteiger partial charge in [0.25, 0.3) is 0 Å². The molecular weight excluding hydrogens is 228 g/mol. The van der Waals surface area contributed by atoms with E-state index in [-0.39, 0.29) is 12.1 Å². The standard InChI is InChI=1S/C13H24N4O/c1-4-17-11(5-6-15-17)13(14)12-9-16(10(2)3)7-8-18-12/h5-6,10,12-13H,4,7-9,14H2,1-3H3. The molecule has 1 fully saturated rings. The van der Waals surface area contributed by atoms with E-state index >= 15 is 0 Å². The first-order valence-corrected chi connectivity index (χ1v) is 6.76. The fourth-order valence-corrected chi connectivity index (χ4v) is 2.46. The molecule has 0 spiro atoms. The molecule has 2 rings (SSSR count). The molecule has 2 N–H and O–H groups in total. The predicted octanol–water partition coefficient (Wildman–Crippen LogP) is 1.01. The summed E-state index contributed by atoms with van der Waals surface area (Å²) in [5.41, 5.74) is 7.40. The quantitative estimate of drug-likeness (QED) is 0.869. The van der Waals surface area contributed by atoms with Gasteiger partial charge < -0.3 is 10.5 Å². The van der Waals surface area contributed by atoms with Crippen LogP contribution in [0.2, 0.25) is 0 Å². The van der Waals surface area contributed by atoms with Crippen LogP contribution in [0.1, 0.15) is 32.5 Å². The van der Waals surface area contributed by atoms with Gasteiger partial charge in [0.15, 0.2) is 0 Å². The highest BCUT2D eigenvalue weighted by molar-refractivity contribution is 5.09. The van der Waals surface area contributed by atoms with Crippen LogP contribution in [0.5, 0.6) is 0 Å². The Kier molecular flexibility index (Phi) is 4.37. The summed E-state index contributed by atoms with van der Waals surface area (Å²) in [6, 6.07) is 2.43. The van der Waals surface area contributed by atoms with Crippen LogP contribution in [0.3, 0.4) is 0 Å². The van der Waals surface area contributed by atoms with Crippen molar-refractivity contribution in [3.05, 3.63) is 18.0 Å². The van der Waals surface area contributed by atoms with Gasteiger partial charge in [-0.05, 0) is 26.8 Å². The number of hydrogen-bond acceptors (Lipinski definition) is 4. The molecule has 1 aromatic rings. The maximum absolute atomic E-state index is 6.34. The third-order valence-electron chi connectivity index (χ3n) is 3.65. The highest BCUT2D eigenvalue weighted by atomic mass is 16.5. The maximum Gasteiger partial charge on any atom is 0.0910 e. The largest absolute Gasteiger partial charge is 0.374 e. The van der Waals surface area contributed by atoms with Gasteiger partial charge in [-0.2, -0.15) is 5.10 Å². The van der Waals surface area contributed by atoms with Crippen LogP contribution in [0.4, 0.5) is 0 Å². The molecular formula is C13H24N4O. The van der Waals surface area contributed by atoms with Crippen molar-refractivity contribution in [1.82, 2.24) is 14.7 Å². The van der Waals surface area contributed by atoms with Crippen LogP contribution in [0.15, 0.2) is 12.3 Å². The van der Waals surface area contributed by atoms with Crippen LogP contribution >= 0.6 is 0 Å². The van der Waals surface area contributed by atoms with Crippen LogP contribution in [0.25, 0.3) is 0 Å². The van der Waals surface area contributed by atoms with Gasteiger partial charge >= 0.3 is 0 Å². The molecule has 0 aromatic carbocycles. The Morgan fingerprint density at radius 1 is 1.56 bits per heavy atom. The van der Waals surface area contributed by atoms with E-state index in [0.29, 0.717) is 6.04 Å². The van der Waals surface area contributed by atoms with E-state index < -0.39 is 0 Å². The average Bonchev–Trinajstić information content (AvgIpc) is 2.86. The molecule has 0 saturated carbocycles. The number of aryl methyl sites for hydroxylation is 1. The predicted molar refractivity (Wildman–Crippen MR) is 71.3 cm³/mol. The number of hydrogen-bond donors (Lipinski definition) is 1. The molecule has 0 aliphatic carbocycles. The monoisotopic (exact) mass is 252 g/mol. The molecule has 2 atom stereocenters. The topological polar surface area (TPSA) is 56.3 Å². The van der Waals surface area contributed by atoms with Crippen molar-refractivity contribution in [2.75, 3.05) is 19.7 Å². The van der Waals surface area contributed by atoms with Gasteiger partial charge in [-0.15, -0.1) is 0 Å². The molecule has 0 radical (unpaired) electrons. The Labute approximate surface area is 109 Å². The molecule has 1 aliphatic rings. The molecule has 1 aromatic heterocycles. The van der Waals surface area contributed by atoms with Crippen molar-refractivity contribution >= 4 is 0 Å². The van der Waals surface area contributed by atoms with Gasteiger partial charge in [0, 0.05) is 31.9 Å². The molecule has 5 heteroatoms. The maximum atomic E-state index is 6.34. The van der Waals surface area contributed by atoms with E-state index in [1.54, 1.807) is 0 Å². The SMILES string of the molecule is CCn1nccc1C(N)C1CN(C(C)C)CCO1. The highest BCUT2D eigenvalue weighted by Gasteiger charge is 2.29. The third-order valence-corrected chi connectivity index (χ3v) is 3.65. The summed E-state index contributed by atoms with van der Waals surface area (Å²) in [6.07, 6.45) is 1.87. The summed E-state index contributed by atoms with van der Waals surface area (Å²) in [5, 5.41) is 4.27. The molecule has 5 nitrogen and oxygen atoms in total. The van der Waals surface area contributed by atoms with Crippen LogP contribution < -0.4 is 5.73 Å². The number of nitrogens with two attached hydrogens (primary N) is 1. The Balaban J connectivity index is 2.06. The number of rotatable bonds is 4. The Hall–Kier alpha value is -0.910. The lowest BCUT2D eigenvalue weighted by atomic mass is 10.1. The number of ether oxygens (including phenoxy) is 1. The van der Waals surface area contributed by atoms with Crippen molar-refractivity contribution in [2.24, 2.45) is 5.73 Å². The first-order chi connectivity index (χ1) is 8.63. The lowest BCUT2D eigenvalue weighted by Crippen LogP contribution is -2.49. The number of nitrogens with zero attached hydrogens (tertiary/aromatic N) is 3. The third kappa shape index (κ3) is 2.74. The summed E-state index contributed by atoms with van der Waals surface area (Å²) in [7, 11) is 0. The molecule has 18 heavy (non-hydrogen) atoms. The zero-order valence-corrected chi connectivity index (χ0v) is 11.5. The summed E-state index contributed by atoms with van der Waals surface area (Å²) in [4.78, 5) is 2.42. The van der Waals surface area contributed by atoms with Gasteiger partial charge in [-0.1, -0.05) is 0 Å². The molecule has 1 saturated heterocycles. The Bertz CT molecular complexity index is 377. The van der Waals surface area contributed by atoms with E-state index in [4.69, 9.17) is 10.5 Å². The Morgan fingerprint density at radius 3 is 3.00 bits per heavy atom. The first-order valence-electron chi connectivity index (χ1n) is 6.76. The average molecular weight is 252 g/mol. The lowest BCUT2D eigenvalue weighted by molar-refractivity contribution is -0.0513. The zero-order chi connectivity index (χ0) is 13.1. The first kappa shape index (κ1) is 13.5. The van der Waals surface area contributed by atoms with Gasteiger partial charge in [0.2, 0.25) is 0 Å². The van der Waals surface area contributed by atoms with Crippen molar-refractivity contribution in [1.29, 1.82) is 0 Å². The second-order valence-electron chi connectivity index (χ2n) is 5.10. The van der Waals surface area contributed by atoms with Crippen molar-refractivity contribution in [2.45, 2.75) is 45.5 Å². The second kappa shape index (κ2) is 5.82. The number of morpholine rings is 1. The van der Waals surface area contributed by atoms with E-state index in [9.17, 15) is 0 Å². The van der Waals surface area contributed by atoms with E-state index in [2.05, 4.69) is 30.8 Å². The molecule has 0 amide bonds. The van der Waals surface area contributed by atoms with Gasteiger partial charge in [0.05, 0.1) is 24.4 Å². The van der Waals surface area contributed by atoms with Gasteiger partial charge in [-0.25, -0.2) is 0 Å². The molecule has 0 bridgehead atoms. The fraction of sp³-hybridized carbons (Fsp3) is 0.769. The van der Waals surface area contributed by atoms with Gasteiger partial charge in [0.1, 0.15) is 0 Å². The lowest BCUT2D eigenvalue weighted by Gasteiger charge is -2.37. The van der Waals surface area contributed by atoms with Crippen LogP contribution in [0, 0.1) is 0 Å². The minimum absolute atomic E-state index is 0.0585. The van der Waals surface area contributed by atoms with E-state index in [0.717, 1.165) is 31.9 Å². The number of aromatic nitrogens is 2. The van der Waals surface area contributed by atoms with Crippen LogP contribution in [-0.2, 0) is 11.3 Å². The van der Waals surface area contributed by atoms with Crippen LogP contribution in [-0.4, -0.2) is 46.5 Å². The van der Waals surface area contributed by atoms with E-state index in [1.807, 2.05) is 16.9 Å². The summed E-state index contributed by atoms with van der Waals surface area (Å²) in [6.45, 7) is 9.99. The smallest absolute Gasteiger partial charge is 0.0910 e. The van der Waals surface area contributed by atoms with Crippen molar-refractivity contribution in [3.8, 4) is 0 Å². The van der Waals surface area contributed by atoms with Crippen molar-refractivity contribution < 1.29 is 4.74 Å². The Morgan fingerprint density at radius 2 is 2.33 bits per heavy atom. The molecule has 1 aliphatic heterocycles. The normalized spacial score (nSPS) is 23.5. The fourth-order valence-electron chi connectivity index (χ4n) is 2.46. The zero-order valence-electron chi connectivity index (χ0n) is 11.5. The summed E-state index contributed by atoms with van der Waals surface area (Å²) >= 11 is 0. The molecule has 2 heterocycles. The molecule has 102 valence electrons. The second-order valence-corrected chi connectivity index (χ2v) is 5.10. The highest BCUT2D eigenvalue weighted by Crippen LogP contribution is 2.21. The summed E-state index contributed by atoms with van der Waals surface area (Å²) in [5.74, 6) is 0. The van der Waals surface area contributed by atoms with E-state index in [1.165, 1.54) is 0 Å². The minimum atomic E-state index is -0.103. The van der Waals surface area contributed by atoms with Gasteiger partial charge in [-0.3, -0.25) is 9.58 Å².